The van der Waals surface area contributed by atoms with Crippen molar-refractivity contribution in [1.29, 1.82) is 0 Å². The van der Waals surface area contributed by atoms with Crippen LogP contribution in [-0.2, 0) is 20.8 Å². The van der Waals surface area contributed by atoms with Crippen molar-refractivity contribution in [2.45, 2.75) is 25.2 Å². The number of nitrogens with two attached hydrogens (primary N) is 1. The van der Waals surface area contributed by atoms with Crippen LogP contribution in [0.1, 0.15) is 12.0 Å². The molecule has 0 spiro atoms. The molecule has 1 fully saturated rings. The summed E-state index contributed by atoms with van der Waals surface area (Å²) in [5.74, 6) is -7.26. The summed E-state index contributed by atoms with van der Waals surface area (Å²) >= 11 is 0. The zero-order chi connectivity index (χ0) is 22.6. The molecule has 1 aliphatic heterocycles. The number of aromatic nitrogens is 2. The third-order valence-electron chi connectivity index (χ3n) is 3.89. The van der Waals surface area contributed by atoms with Gasteiger partial charge in [-0.1, -0.05) is 0 Å². The summed E-state index contributed by atoms with van der Waals surface area (Å²) in [5.41, 5.74) is 3.43. The third kappa shape index (κ3) is 6.18. The normalized spacial score (nSPS) is 22.1. The summed E-state index contributed by atoms with van der Waals surface area (Å²) in [4.78, 5) is 32.4. The van der Waals surface area contributed by atoms with E-state index in [2.05, 4.69) is 10.2 Å². The van der Waals surface area contributed by atoms with E-state index in [0.29, 0.717) is 0 Å². The van der Waals surface area contributed by atoms with Crippen LogP contribution >= 0.6 is 0 Å². The highest BCUT2D eigenvalue weighted by Gasteiger charge is 2.56. The number of nitrogens with zero attached hydrogens (tertiary/aromatic N) is 2. The van der Waals surface area contributed by atoms with Crippen LogP contribution in [0.15, 0.2) is 12.3 Å². The van der Waals surface area contributed by atoms with Gasteiger partial charge in [-0.15, -0.1) is 5.10 Å². The van der Waals surface area contributed by atoms with Crippen LogP contribution in [0.2, 0.25) is 0 Å². The molecule has 1 unspecified atom stereocenters. The average molecular weight is 432 g/mol. The molecule has 0 bridgehead atoms. The minimum absolute atomic E-state index is 0.0124. The van der Waals surface area contributed by atoms with Gasteiger partial charge in [0.15, 0.2) is 5.41 Å². The van der Waals surface area contributed by atoms with Crippen molar-refractivity contribution in [1.82, 2.24) is 15.5 Å². The number of alkyl halides is 6. The Hall–Kier alpha value is -3.13. The summed E-state index contributed by atoms with van der Waals surface area (Å²) in [6.45, 7) is -0.631. The van der Waals surface area contributed by atoms with E-state index in [4.69, 9.17) is 15.6 Å². The number of nitrogens with one attached hydrogen (secondary N) is 1. The number of hydrogen-bond donors (Lipinski definition) is 4. The SMILES string of the molecule is Nc1cc(CC2(C(=O)O)C[C@@H](C(F)(F)F)CNC2=O)cnn1.O=C(O)C(F)(F)F. The molecule has 29 heavy (non-hydrogen) atoms. The van der Waals surface area contributed by atoms with Gasteiger partial charge in [0.05, 0.1) is 12.1 Å². The molecule has 9 nitrogen and oxygen atoms in total. The fraction of sp³-hybridized carbons (Fsp3) is 0.500. The fourth-order valence-corrected chi connectivity index (χ4v) is 2.49. The van der Waals surface area contributed by atoms with Crippen LogP contribution in [0.3, 0.4) is 0 Å². The van der Waals surface area contributed by atoms with Gasteiger partial charge in [0.25, 0.3) is 0 Å². The van der Waals surface area contributed by atoms with Gasteiger partial charge in [0.1, 0.15) is 5.82 Å². The Morgan fingerprint density at radius 3 is 2.21 bits per heavy atom. The zero-order valence-electron chi connectivity index (χ0n) is 14.2. The molecule has 1 aliphatic rings. The van der Waals surface area contributed by atoms with Gasteiger partial charge >= 0.3 is 24.3 Å². The van der Waals surface area contributed by atoms with Crippen LogP contribution in [0, 0.1) is 11.3 Å². The lowest BCUT2D eigenvalue weighted by atomic mass is 9.71. The van der Waals surface area contributed by atoms with Crippen LogP contribution < -0.4 is 11.1 Å². The van der Waals surface area contributed by atoms with E-state index in [1.54, 1.807) is 0 Å². The van der Waals surface area contributed by atoms with E-state index in [1.165, 1.54) is 12.3 Å². The summed E-state index contributed by atoms with van der Waals surface area (Å²) in [7, 11) is 0. The van der Waals surface area contributed by atoms with E-state index in [-0.39, 0.29) is 11.4 Å². The molecule has 1 saturated heterocycles. The first-order valence-electron chi connectivity index (χ1n) is 7.55. The summed E-state index contributed by atoms with van der Waals surface area (Å²) in [5, 5.41) is 25.5. The van der Waals surface area contributed by atoms with Gasteiger partial charge in [0, 0.05) is 6.54 Å². The molecule has 15 heteroatoms. The van der Waals surface area contributed by atoms with Crippen LogP contribution in [0.5, 0.6) is 0 Å². The van der Waals surface area contributed by atoms with Crippen molar-refractivity contribution in [3.63, 3.8) is 0 Å². The number of carboxylic acids is 2. The average Bonchev–Trinajstić information content (AvgIpc) is 2.55. The number of anilines is 1. The van der Waals surface area contributed by atoms with Crippen molar-refractivity contribution < 1.29 is 50.9 Å². The van der Waals surface area contributed by atoms with Gasteiger partial charge < -0.3 is 21.3 Å². The maximum atomic E-state index is 12.9. The molecule has 0 aromatic carbocycles. The second-order valence-electron chi connectivity index (χ2n) is 6.01. The topological polar surface area (TPSA) is 156 Å². The monoisotopic (exact) mass is 432 g/mol. The molecule has 1 aromatic heterocycles. The summed E-state index contributed by atoms with van der Waals surface area (Å²) in [6, 6.07) is 1.28. The lowest BCUT2D eigenvalue weighted by molar-refractivity contribution is -0.194. The number of piperidine rings is 1. The molecule has 0 aliphatic carbocycles. The Morgan fingerprint density at radius 2 is 1.79 bits per heavy atom. The van der Waals surface area contributed by atoms with E-state index < -0.39 is 60.9 Å². The summed E-state index contributed by atoms with van der Waals surface area (Å²) in [6.07, 6.45) is -9.78. The maximum absolute atomic E-state index is 12.9. The van der Waals surface area contributed by atoms with Crippen molar-refractivity contribution in [3.05, 3.63) is 17.8 Å². The third-order valence-corrected chi connectivity index (χ3v) is 3.89. The molecule has 5 N–H and O–H groups in total. The Bertz CT molecular complexity index is 784. The number of amides is 1. The highest BCUT2D eigenvalue weighted by atomic mass is 19.4. The number of hydrogen-bond acceptors (Lipinski definition) is 6. The van der Waals surface area contributed by atoms with E-state index >= 15 is 0 Å². The molecule has 1 amide bonds. The van der Waals surface area contributed by atoms with E-state index in [0.717, 1.165) is 0 Å². The molecular formula is C14H14F6N4O5. The van der Waals surface area contributed by atoms with Crippen molar-refractivity contribution >= 4 is 23.7 Å². The molecule has 2 heterocycles. The van der Waals surface area contributed by atoms with Gasteiger partial charge in [-0.2, -0.15) is 31.4 Å². The quantitative estimate of drug-likeness (QED) is 0.407. The fourth-order valence-electron chi connectivity index (χ4n) is 2.49. The number of halogens is 6. The largest absolute Gasteiger partial charge is 0.490 e. The van der Waals surface area contributed by atoms with Crippen LogP contribution in [0.4, 0.5) is 32.2 Å². The molecule has 0 saturated carbocycles. The minimum Gasteiger partial charge on any atom is -0.480 e. The highest BCUT2D eigenvalue weighted by Crippen LogP contribution is 2.41. The Balaban J connectivity index is 0.000000516. The Kier molecular flexibility index (Phi) is 6.99. The number of aliphatic carboxylic acids is 2. The summed E-state index contributed by atoms with van der Waals surface area (Å²) < 4.78 is 70.4. The second kappa shape index (κ2) is 8.48. The molecule has 2 atom stereocenters. The van der Waals surface area contributed by atoms with E-state index in [9.17, 15) is 41.0 Å². The van der Waals surface area contributed by atoms with Gasteiger partial charge in [0.2, 0.25) is 5.91 Å². The Morgan fingerprint density at radius 1 is 1.24 bits per heavy atom. The predicted molar refractivity (Wildman–Crippen MR) is 81.1 cm³/mol. The number of carbonyl (C=O) groups excluding carboxylic acids is 1. The number of carbonyl (C=O) groups is 3. The van der Waals surface area contributed by atoms with Gasteiger partial charge in [-0.05, 0) is 24.5 Å². The standard InChI is InChI=1S/C12H13F3N4O3.C2HF3O2/c13-12(14,15)7-3-11(10(21)22,9(20)17-5-7)2-6-1-8(16)19-18-4-6;3-2(4,5)1(6)7/h1,4,7H,2-3,5H2,(H2,16,19)(H,17,20)(H,21,22);(H,6,7)/t7-,11?;/m1./s1. The van der Waals surface area contributed by atoms with Crippen molar-refractivity contribution in [2.24, 2.45) is 11.3 Å². The van der Waals surface area contributed by atoms with Gasteiger partial charge in [-0.25, -0.2) is 4.79 Å². The molecular weight excluding hydrogens is 418 g/mol. The minimum atomic E-state index is -5.08. The molecule has 1 aromatic rings. The number of rotatable bonds is 3. The van der Waals surface area contributed by atoms with Gasteiger partial charge in [-0.3, -0.25) is 9.59 Å². The second-order valence-corrected chi connectivity index (χ2v) is 6.01. The lowest BCUT2D eigenvalue weighted by Crippen LogP contribution is -2.57. The lowest BCUT2D eigenvalue weighted by Gasteiger charge is -2.37. The predicted octanol–water partition coefficient (Wildman–Crippen LogP) is 1.00. The van der Waals surface area contributed by atoms with Crippen molar-refractivity contribution in [2.75, 3.05) is 12.3 Å². The number of carboxylic acid groups (broad SMARTS) is 2. The first-order valence-corrected chi connectivity index (χ1v) is 7.55. The molecule has 162 valence electrons. The zero-order valence-corrected chi connectivity index (χ0v) is 14.2. The van der Waals surface area contributed by atoms with Crippen LogP contribution in [0.25, 0.3) is 0 Å². The highest BCUT2D eigenvalue weighted by molar-refractivity contribution is 6.02. The Labute approximate surface area is 157 Å². The first-order chi connectivity index (χ1) is 13.1. The number of nitrogen functional groups attached to an aromatic ring is 1. The molecule has 0 radical (unpaired) electrons. The smallest absolute Gasteiger partial charge is 0.480 e. The van der Waals surface area contributed by atoms with E-state index in [1.807, 2.05) is 5.32 Å². The first kappa shape index (κ1) is 23.9. The molecule has 2 rings (SSSR count). The van der Waals surface area contributed by atoms with Crippen molar-refractivity contribution in [3.8, 4) is 0 Å². The van der Waals surface area contributed by atoms with Crippen LogP contribution in [-0.4, -0.2) is 57.2 Å². The maximum Gasteiger partial charge on any atom is 0.490 e.